The van der Waals surface area contributed by atoms with Crippen LogP contribution in [0.5, 0.6) is 5.75 Å². The van der Waals surface area contributed by atoms with E-state index in [-0.39, 0.29) is 6.04 Å². The fourth-order valence-corrected chi connectivity index (χ4v) is 1.88. The largest absolute Gasteiger partial charge is 0.493 e. The number of aromatic amines is 1. The van der Waals surface area contributed by atoms with Crippen LogP contribution in [0.1, 0.15) is 30.9 Å². The van der Waals surface area contributed by atoms with Crippen LogP contribution < -0.4 is 10.1 Å². The molecular weight excluding hydrogens is 232 g/mol. The van der Waals surface area contributed by atoms with Gasteiger partial charge in [0.25, 0.3) is 0 Å². The Morgan fingerprint density at radius 2 is 2.39 bits per heavy atom. The van der Waals surface area contributed by atoms with Crippen LogP contribution in [0.4, 0.5) is 0 Å². The second-order valence-electron chi connectivity index (χ2n) is 3.98. The molecule has 0 saturated carbocycles. The number of hydrogen-bond acceptors (Lipinski definition) is 5. The zero-order valence-corrected chi connectivity index (χ0v) is 10.8. The number of aryl methyl sites for hydroxylation is 1. The van der Waals surface area contributed by atoms with Gasteiger partial charge >= 0.3 is 0 Å². The van der Waals surface area contributed by atoms with Gasteiger partial charge < -0.3 is 10.1 Å². The van der Waals surface area contributed by atoms with Gasteiger partial charge in [0, 0.05) is 7.05 Å². The summed E-state index contributed by atoms with van der Waals surface area (Å²) in [7, 11) is 3.52. The summed E-state index contributed by atoms with van der Waals surface area (Å²) in [6.07, 6.45) is 4.23. The lowest BCUT2D eigenvalue weighted by molar-refractivity contribution is 0.399. The highest BCUT2D eigenvalue weighted by Crippen LogP contribution is 2.27. The standard InChI is InChI=1S/C11H18N6O/c1-4-5-12-9(11-13-7-14-16-11)10-8(18-3)6-15-17(10)2/h6-7,9,12H,4-5H2,1-3H3,(H,13,14,16). The minimum absolute atomic E-state index is 0.102. The van der Waals surface area contributed by atoms with Crippen LogP contribution >= 0.6 is 0 Å². The van der Waals surface area contributed by atoms with E-state index in [0.717, 1.165) is 30.2 Å². The highest BCUT2D eigenvalue weighted by Gasteiger charge is 2.24. The van der Waals surface area contributed by atoms with Gasteiger partial charge in [-0.05, 0) is 13.0 Å². The summed E-state index contributed by atoms with van der Waals surface area (Å²) >= 11 is 0. The summed E-state index contributed by atoms with van der Waals surface area (Å²) in [5.74, 6) is 1.49. The molecule has 0 saturated heterocycles. The highest BCUT2D eigenvalue weighted by atomic mass is 16.5. The molecule has 2 rings (SSSR count). The third-order valence-corrected chi connectivity index (χ3v) is 2.75. The molecule has 98 valence electrons. The van der Waals surface area contributed by atoms with Crippen molar-refractivity contribution < 1.29 is 4.74 Å². The van der Waals surface area contributed by atoms with Gasteiger partial charge in [0.15, 0.2) is 5.75 Å². The van der Waals surface area contributed by atoms with E-state index in [1.165, 1.54) is 6.33 Å². The fraction of sp³-hybridized carbons (Fsp3) is 0.545. The molecule has 1 atom stereocenters. The summed E-state index contributed by atoms with van der Waals surface area (Å²) in [5, 5.41) is 14.4. The molecule has 2 aromatic rings. The first-order valence-electron chi connectivity index (χ1n) is 5.92. The van der Waals surface area contributed by atoms with Crippen LogP contribution in [0.3, 0.4) is 0 Å². The van der Waals surface area contributed by atoms with Gasteiger partial charge in [0.1, 0.15) is 23.9 Å². The van der Waals surface area contributed by atoms with Crippen molar-refractivity contribution in [2.24, 2.45) is 7.05 Å². The van der Waals surface area contributed by atoms with E-state index < -0.39 is 0 Å². The van der Waals surface area contributed by atoms with Crippen molar-refractivity contribution in [1.29, 1.82) is 0 Å². The molecule has 0 aliphatic carbocycles. The first-order chi connectivity index (χ1) is 8.77. The number of nitrogens with one attached hydrogen (secondary N) is 2. The third-order valence-electron chi connectivity index (χ3n) is 2.75. The van der Waals surface area contributed by atoms with Gasteiger partial charge in [-0.3, -0.25) is 9.78 Å². The molecule has 2 aromatic heterocycles. The predicted molar refractivity (Wildman–Crippen MR) is 66.3 cm³/mol. The number of hydrogen-bond donors (Lipinski definition) is 2. The van der Waals surface area contributed by atoms with E-state index in [1.807, 2.05) is 7.05 Å². The summed E-state index contributed by atoms with van der Waals surface area (Å²) in [6, 6.07) is -0.102. The molecule has 7 nitrogen and oxygen atoms in total. The van der Waals surface area contributed by atoms with Gasteiger partial charge in [-0.25, -0.2) is 4.98 Å². The molecule has 0 radical (unpaired) electrons. The van der Waals surface area contributed by atoms with Crippen molar-refractivity contribution in [3.8, 4) is 5.75 Å². The maximum atomic E-state index is 5.34. The zero-order valence-electron chi connectivity index (χ0n) is 10.8. The van der Waals surface area contributed by atoms with Crippen molar-refractivity contribution >= 4 is 0 Å². The molecule has 2 heterocycles. The van der Waals surface area contributed by atoms with Crippen molar-refractivity contribution in [3.63, 3.8) is 0 Å². The highest BCUT2D eigenvalue weighted by molar-refractivity contribution is 5.31. The monoisotopic (exact) mass is 250 g/mol. The minimum Gasteiger partial charge on any atom is -0.493 e. The SMILES string of the molecule is CCCNC(c1ncn[nH]1)c1c(OC)cnn1C. The fourth-order valence-electron chi connectivity index (χ4n) is 1.88. The van der Waals surface area contributed by atoms with E-state index >= 15 is 0 Å². The minimum atomic E-state index is -0.102. The second-order valence-corrected chi connectivity index (χ2v) is 3.98. The smallest absolute Gasteiger partial charge is 0.162 e. The van der Waals surface area contributed by atoms with Gasteiger partial charge in [-0.2, -0.15) is 10.2 Å². The summed E-state index contributed by atoms with van der Waals surface area (Å²) in [4.78, 5) is 4.22. The molecule has 0 bridgehead atoms. The number of methoxy groups -OCH3 is 1. The van der Waals surface area contributed by atoms with Crippen molar-refractivity contribution in [2.75, 3.05) is 13.7 Å². The Balaban J connectivity index is 2.36. The Morgan fingerprint density at radius 1 is 1.56 bits per heavy atom. The zero-order chi connectivity index (χ0) is 13.0. The maximum Gasteiger partial charge on any atom is 0.162 e. The number of nitrogens with zero attached hydrogens (tertiary/aromatic N) is 4. The molecular formula is C11H18N6O. The van der Waals surface area contributed by atoms with Gasteiger partial charge in [0.2, 0.25) is 0 Å². The molecule has 0 fully saturated rings. The van der Waals surface area contributed by atoms with Crippen molar-refractivity contribution in [2.45, 2.75) is 19.4 Å². The Morgan fingerprint density at radius 3 is 3.00 bits per heavy atom. The molecule has 0 spiro atoms. The van der Waals surface area contributed by atoms with Crippen LogP contribution in [-0.2, 0) is 7.05 Å². The van der Waals surface area contributed by atoms with E-state index in [0.29, 0.717) is 0 Å². The summed E-state index contributed by atoms with van der Waals surface area (Å²) in [6.45, 7) is 2.99. The maximum absolute atomic E-state index is 5.34. The lowest BCUT2D eigenvalue weighted by Gasteiger charge is -2.17. The molecule has 7 heteroatoms. The van der Waals surface area contributed by atoms with Gasteiger partial charge in [-0.15, -0.1) is 0 Å². The van der Waals surface area contributed by atoms with Crippen LogP contribution in [-0.4, -0.2) is 38.6 Å². The quantitative estimate of drug-likeness (QED) is 0.786. The number of ether oxygens (including phenoxy) is 1. The molecule has 0 aliphatic heterocycles. The second kappa shape index (κ2) is 5.63. The average molecular weight is 250 g/mol. The Hall–Kier alpha value is -1.89. The molecule has 2 N–H and O–H groups in total. The normalized spacial score (nSPS) is 12.6. The van der Waals surface area contributed by atoms with Crippen LogP contribution in [0.25, 0.3) is 0 Å². The van der Waals surface area contributed by atoms with Crippen molar-refractivity contribution in [1.82, 2.24) is 30.3 Å². The molecule has 1 unspecified atom stereocenters. The van der Waals surface area contributed by atoms with E-state index in [9.17, 15) is 0 Å². The lowest BCUT2D eigenvalue weighted by atomic mass is 10.1. The van der Waals surface area contributed by atoms with E-state index in [1.54, 1.807) is 18.0 Å². The summed E-state index contributed by atoms with van der Waals surface area (Å²) in [5.41, 5.74) is 0.933. The topological polar surface area (TPSA) is 80.7 Å². The first-order valence-corrected chi connectivity index (χ1v) is 5.92. The Labute approximate surface area is 106 Å². The first kappa shape index (κ1) is 12.6. The van der Waals surface area contributed by atoms with Crippen LogP contribution in [0, 0.1) is 0 Å². The number of aromatic nitrogens is 5. The molecule has 0 amide bonds. The van der Waals surface area contributed by atoms with Gasteiger partial charge in [-0.1, -0.05) is 6.92 Å². The average Bonchev–Trinajstić information content (AvgIpc) is 3.01. The molecule has 0 aromatic carbocycles. The third kappa shape index (κ3) is 2.35. The van der Waals surface area contributed by atoms with E-state index in [4.69, 9.17) is 4.74 Å². The Bertz CT molecular complexity index is 478. The van der Waals surface area contributed by atoms with E-state index in [2.05, 4.69) is 32.5 Å². The van der Waals surface area contributed by atoms with Crippen LogP contribution in [0.15, 0.2) is 12.5 Å². The van der Waals surface area contributed by atoms with Crippen LogP contribution in [0.2, 0.25) is 0 Å². The summed E-state index contributed by atoms with van der Waals surface area (Å²) < 4.78 is 7.13. The van der Waals surface area contributed by atoms with Crippen molar-refractivity contribution in [3.05, 3.63) is 24.0 Å². The lowest BCUT2D eigenvalue weighted by Crippen LogP contribution is -2.26. The number of H-pyrrole nitrogens is 1. The predicted octanol–water partition coefficient (Wildman–Crippen LogP) is 0.636. The number of rotatable bonds is 6. The Kier molecular flexibility index (Phi) is 3.93. The molecule has 18 heavy (non-hydrogen) atoms. The molecule has 0 aliphatic rings. The van der Waals surface area contributed by atoms with Gasteiger partial charge in [0.05, 0.1) is 13.3 Å².